The zero-order chi connectivity index (χ0) is 8.48. The van der Waals surface area contributed by atoms with Gasteiger partial charge in [-0.2, -0.15) is 0 Å². The average Bonchev–Trinajstić information content (AvgIpc) is 2.43. The first-order valence-electron chi connectivity index (χ1n) is 3.94. The molecular weight excluding hydrogens is 144 g/mol. The molecule has 0 heterocycles. The Kier molecular flexibility index (Phi) is 2.18. The molecule has 0 atom stereocenters. The van der Waals surface area contributed by atoms with E-state index in [9.17, 15) is 4.79 Å². The van der Waals surface area contributed by atoms with E-state index in [0.29, 0.717) is 0 Å². The van der Waals surface area contributed by atoms with Crippen LogP contribution in [0.2, 0.25) is 0 Å². The lowest BCUT2D eigenvalue weighted by Gasteiger charge is -2.16. The van der Waals surface area contributed by atoms with Gasteiger partial charge in [0.2, 0.25) is 0 Å². The van der Waals surface area contributed by atoms with Gasteiger partial charge < -0.3 is 9.84 Å². The van der Waals surface area contributed by atoms with Gasteiger partial charge in [0.15, 0.2) is 0 Å². The maximum absolute atomic E-state index is 10.4. The Morgan fingerprint density at radius 1 is 1.64 bits per heavy atom. The Hall–Kier alpha value is -0.570. The minimum Gasteiger partial charge on any atom is -0.481 e. The quantitative estimate of drug-likeness (QED) is 0.673. The Bertz CT molecular complexity index is 159. The predicted molar refractivity (Wildman–Crippen MR) is 40.4 cm³/mol. The van der Waals surface area contributed by atoms with Crippen LogP contribution in [0.3, 0.4) is 0 Å². The van der Waals surface area contributed by atoms with Gasteiger partial charge in [-0.05, 0) is 26.7 Å². The van der Waals surface area contributed by atoms with Crippen molar-refractivity contribution in [1.29, 1.82) is 0 Å². The summed E-state index contributed by atoms with van der Waals surface area (Å²) < 4.78 is 5.48. The van der Waals surface area contributed by atoms with Crippen molar-refractivity contribution < 1.29 is 14.6 Å². The molecule has 3 heteroatoms. The van der Waals surface area contributed by atoms with Crippen LogP contribution in [0.5, 0.6) is 0 Å². The highest BCUT2D eigenvalue weighted by atomic mass is 16.5. The summed E-state index contributed by atoms with van der Waals surface area (Å²) in [6.45, 7) is 3.86. The number of rotatable bonds is 4. The van der Waals surface area contributed by atoms with Crippen molar-refractivity contribution in [2.75, 3.05) is 0 Å². The van der Waals surface area contributed by atoms with Crippen LogP contribution < -0.4 is 0 Å². The van der Waals surface area contributed by atoms with E-state index in [-0.39, 0.29) is 18.1 Å². The molecule has 0 aromatic rings. The molecular formula is C8H14O3. The first kappa shape index (κ1) is 8.53. The molecule has 1 aliphatic carbocycles. The zero-order valence-electron chi connectivity index (χ0n) is 6.96. The Labute approximate surface area is 66.4 Å². The molecule has 0 bridgehead atoms. The van der Waals surface area contributed by atoms with Crippen LogP contribution in [0.1, 0.15) is 33.1 Å². The third-order valence-electron chi connectivity index (χ3n) is 1.77. The molecule has 11 heavy (non-hydrogen) atoms. The highest BCUT2D eigenvalue weighted by Gasteiger charge is 2.46. The van der Waals surface area contributed by atoms with Crippen LogP contribution in [0.15, 0.2) is 0 Å². The van der Waals surface area contributed by atoms with Crippen molar-refractivity contribution in [3.05, 3.63) is 0 Å². The van der Waals surface area contributed by atoms with Crippen molar-refractivity contribution >= 4 is 5.97 Å². The van der Waals surface area contributed by atoms with Crippen molar-refractivity contribution in [2.45, 2.75) is 44.8 Å². The molecule has 0 spiro atoms. The van der Waals surface area contributed by atoms with Gasteiger partial charge in [-0.25, -0.2) is 0 Å². The second-order valence-electron chi connectivity index (χ2n) is 3.42. The molecule has 3 nitrogen and oxygen atoms in total. The van der Waals surface area contributed by atoms with E-state index >= 15 is 0 Å². The number of carboxylic acid groups (broad SMARTS) is 1. The monoisotopic (exact) mass is 158 g/mol. The van der Waals surface area contributed by atoms with E-state index in [1.165, 1.54) is 0 Å². The van der Waals surface area contributed by atoms with Gasteiger partial charge in [0.25, 0.3) is 0 Å². The van der Waals surface area contributed by atoms with Gasteiger partial charge in [0.05, 0.1) is 18.1 Å². The highest BCUT2D eigenvalue weighted by molar-refractivity contribution is 5.68. The number of carbonyl (C=O) groups is 1. The number of hydrogen-bond donors (Lipinski definition) is 1. The molecule has 0 aromatic heterocycles. The smallest absolute Gasteiger partial charge is 0.306 e. The topological polar surface area (TPSA) is 46.5 Å². The summed E-state index contributed by atoms with van der Waals surface area (Å²) in [4.78, 5) is 10.4. The molecule has 0 unspecified atom stereocenters. The van der Waals surface area contributed by atoms with Gasteiger partial charge in [-0.15, -0.1) is 0 Å². The normalized spacial score (nSPS) is 20.3. The fraction of sp³-hybridized carbons (Fsp3) is 0.875. The minimum absolute atomic E-state index is 0.136. The lowest BCUT2D eigenvalue weighted by Crippen LogP contribution is -2.22. The SMILES string of the molecule is CC(C)OC1(CC(=O)O)CC1. The summed E-state index contributed by atoms with van der Waals surface area (Å²) in [6, 6.07) is 0. The molecule has 0 radical (unpaired) electrons. The van der Waals surface area contributed by atoms with E-state index < -0.39 is 5.97 Å². The third-order valence-corrected chi connectivity index (χ3v) is 1.77. The summed E-state index contributed by atoms with van der Waals surface area (Å²) in [6.07, 6.45) is 2.09. The Balaban J connectivity index is 2.35. The molecule has 64 valence electrons. The molecule has 0 aromatic carbocycles. The summed E-state index contributed by atoms with van der Waals surface area (Å²) in [5, 5.41) is 8.52. The van der Waals surface area contributed by atoms with E-state index in [1.54, 1.807) is 0 Å². The molecule has 1 N–H and O–H groups in total. The summed E-state index contributed by atoms with van der Waals surface area (Å²) in [5.74, 6) is -0.761. The van der Waals surface area contributed by atoms with Crippen molar-refractivity contribution in [1.82, 2.24) is 0 Å². The van der Waals surface area contributed by atoms with E-state index in [4.69, 9.17) is 9.84 Å². The minimum atomic E-state index is -0.761. The van der Waals surface area contributed by atoms with E-state index in [1.807, 2.05) is 13.8 Å². The van der Waals surface area contributed by atoms with Crippen LogP contribution >= 0.6 is 0 Å². The van der Waals surface area contributed by atoms with Crippen LogP contribution in [-0.4, -0.2) is 22.8 Å². The number of ether oxygens (including phenoxy) is 1. The van der Waals surface area contributed by atoms with Crippen molar-refractivity contribution in [2.24, 2.45) is 0 Å². The van der Waals surface area contributed by atoms with Gasteiger partial charge in [-0.3, -0.25) is 4.79 Å². The fourth-order valence-corrected chi connectivity index (χ4v) is 1.25. The first-order chi connectivity index (χ1) is 5.04. The lowest BCUT2D eigenvalue weighted by molar-refractivity contribution is -0.142. The Morgan fingerprint density at radius 3 is 2.45 bits per heavy atom. The van der Waals surface area contributed by atoms with Crippen LogP contribution in [-0.2, 0) is 9.53 Å². The maximum Gasteiger partial charge on any atom is 0.306 e. The van der Waals surface area contributed by atoms with E-state index in [0.717, 1.165) is 12.8 Å². The summed E-state index contributed by atoms with van der Waals surface area (Å²) in [5.41, 5.74) is -0.306. The van der Waals surface area contributed by atoms with Crippen molar-refractivity contribution in [3.63, 3.8) is 0 Å². The summed E-state index contributed by atoms with van der Waals surface area (Å²) >= 11 is 0. The van der Waals surface area contributed by atoms with Gasteiger partial charge >= 0.3 is 5.97 Å². The highest BCUT2D eigenvalue weighted by Crippen LogP contribution is 2.43. The zero-order valence-corrected chi connectivity index (χ0v) is 6.96. The standard InChI is InChI=1S/C8H14O3/c1-6(2)11-8(3-4-8)5-7(9)10/h6H,3-5H2,1-2H3,(H,9,10). The second-order valence-corrected chi connectivity index (χ2v) is 3.42. The number of aliphatic carboxylic acids is 1. The van der Waals surface area contributed by atoms with Gasteiger partial charge in [-0.1, -0.05) is 0 Å². The molecule has 0 saturated heterocycles. The number of hydrogen-bond acceptors (Lipinski definition) is 2. The Morgan fingerprint density at radius 2 is 2.18 bits per heavy atom. The van der Waals surface area contributed by atoms with Crippen LogP contribution in [0.4, 0.5) is 0 Å². The van der Waals surface area contributed by atoms with Crippen LogP contribution in [0, 0.1) is 0 Å². The van der Waals surface area contributed by atoms with E-state index in [2.05, 4.69) is 0 Å². The second kappa shape index (κ2) is 2.81. The molecule has 1 saturated carbocycles. The van der Waals surface area contributed by atoms with Crippen LogP contribution in [0.25, 0.3) is 0 Å². The molecule has 0 amide bonds. The average molecular weight is 158 g/mol. The molecule has 1 fully saturated rings. The molecule has 0 aliphatic heterocycles. The first-order valence-corrected chi connectivity index (χ1v) is 3.94. The summed E-state index contributed by atoms with van der Waals surface area (Å²) in [7, 11) is 0. The third kappa shape index (κ3) is 2.50. The largest absolute Gasteiger partial charge is 0.481 e. The fourth-order valence-electron chi connectivity index (χ4n) is 1.25. The predicted octanol–water partition coefficient (Wildman–Crippen LogP) is 1.42. The van der Waals surface area contributed by atoms with Crippen molar-refractivity contribution in [3.8, 4) is 0 Å². The molecule has 1 rings (SSSR count). The van der Waals surface area contributed by atoms with Gasteiger partial charge in [0.1, 0.15) is 0 Å². The maximum atomic E-state index is 10.4. The number of carboxylic acids is 1. The van der Waals surface area contributed by atoms with Gasteiger partial charge in [0, 0.05) is 0 Å². The molecule has 1 aliphatic rings. The lowest BCUT2D eigenvalue weighted by atomic mass is 10.2.